The van der Waals surface area contributed by atoms with Gasteiger partial charge in [-0.3, -0.25) is 9.59 Å². The van der Waals surface area contributed by atoms with Crippen molar-refractivity contribution in [2.24, 2.45) is 5.92 Å². The van der Waals surface area contributed by atoms with E-state index in [-0.39, 0.29) is 5.92 Å². The minimum Gasteiger partial charge on any atom is -0.393 e. The van der Waals surface area contributed by atoms with E-state index >= 15 is 0 Å². The van der Waals surface area contributed by atoms with E-state index in [1.807, 2.05) is 37.3 Å². The highest BCUT2D eigenvalue weighted by Gasteiger charge is 2.25. The third-order valence-corrected chi connectivity index (χ3v) is 4.08. The maximum Gasteiger partial charge on any atom is 0.292 e. The van der Waals surface area contributed by atoms with E-state index in [0.29, 0.717) is 29.9 Å². The van der Waals surface area contributed by atoms with Crippen LogP contribution in [0.1, 0.15) is 42.0 Å². The second-order valence-electron chi connectivity index (χ2n) is 6.52. The Morgan fingerprint density at radius 1 is 1.20 bits per heavy atom. The van der Waals surface area contributed by atoms with Crippen LogP contribution in [0.25, 0.3) is 5.69 Å². The highest BCUT2D eigenvalue weighted by atomic mass is 16.3. The average Bonchev–Trinajstić information content (AvgIpc) is 2.86. The maximum atomic E-state index is 12.6. The van der Waals surface area contributed by atoms with Gasteiger partial charge >= 0.3 is 0 Å². The largest absolute Gasteiger partial charge is 0.393 e. The van der Waals surface area contributed by atoms with Gasteiger partial charge in [-0.1, -0.05) is 25.1 Å². The van der Waals surface area contributed by atoms with Crippen molar-refractivity contribution in [2.75, 3.05) is 6.54 Å². The Bertz CT molecular complexity index is 751. The first-order chi connectivity index (χ1) is 11.8. The molecule has 6 heteroatoms. The number of hydrogen-bond acceptors (Lipinski definition) is 4. The summed E-state index contributed by atoms with van der Waals surface area (Å²) in [5, 5.41) is 16.4. The minimum absolute atomic E-state index is 0.0889. The molecule has 0 aliphatic carbocycles. The molecule has 1 heterocycles. The van der Waals surface area contributed by atoms with Gasteiger partial charge in [-0.25, -0.2) is 4.68 Å². The summed E-state index contributed by atoms with van der Waals surface area (Å²) in [6.07, 6.45) is 0.134. The van der Waals surface area contributed by atoms with Crippen LogP contribution in [-0.4, -0.2) is 39.2 Å². The molecule has 0 aliphatic rings. The number of amides is 1. The summed E-state index contributed by atoms with van der Waals surface area (Å²) in [6, 6.07) is 9.48. The van der Waals surface area contributed by atoms with Crippen LogP contribution < -0.4 is 5.32 Å². The lowest BCUT2D eigenvalue weighted by Gasteiger charge is -2.13. The lowest BCUT2D eigenvalue weighted by atomic mass is 10.0. The minimum atomic E-state index is -0.642. The third kappa shape index (κ3) is 4.54. The molecule has 2 unspecified atom stereocenters. The van der Waals surface area contributed by atoms with Crippen molar-refractivity contribution in [1.29, 1.82) is 0 Å². The van der Waals surface area contributed by atoms with E-state index in [2.05, 4.69) is 10.4 Å². The molecule has 0 spiro atoms. The highest BCUT2D eigenvalue weighted by molar-refractivity contribution is 6.43. The van der Waals surface area contributed by atoms with Crippen molar-refractivity contribution in [2.45, 2.75) is 40.2 Å². The van der Waals surface area contributed by atoms with Gasteiger partial charge in [0.2, 0.25) is 0 Å². The molecule has 134 valence electrons. The van der Waals surface area contributed by atoms with Crippen LogP contribution in [0.4, 0.5) is 0 Å². The number of para-hydroxylation sites is 1. The first-order valence-electron chi connectivity index (χ1n) is 8.43. The molecule has 0 aliphatic heterocycles. The van der Waals surface area contributed by atoms with Crippen LogP contribution >= 0.6 is 0 Å². The quantitative estimate of drug-likeness (QED) is 0.596. The summed E-state index contributed by atoms with van der Waals surface area (Å²) < 4.78 is 1.67. The standard InChI is InChI=1S/C19H25N3O3/c1-12(10-13(2)23)11-20-19(25)18(24)17-14(3)21-22(15(17)4)16-8-6-5-7-9-16/h5-9,12-13,23H,10-11H2,1-4H3,(H,20,25). The molecule has 25 heavy (non-hydrogen) atoms. The molecular formula is C19H25N3O3. The van der Waals surface area contributed by atoms with Crippen LogP contribution in [-0.2, 0) is 4.79 Å². The van der Waals surface area contributed by atoms with Crippen LogP contribution in [0, 0.1) is 19.8 Å². The summed E-state index contributed by atoms with van der Waals surface area (Å²) in [7, 11) is 0. The Morgan fingerprint density at radius 2 is 1.84 bits per heavy atom. The zero-order chi connectivity index (χ0) is 18.6. The molecule has 2 N–H and O–H groups in total. The number of benzene rings is 1. The predicted molar refractivity (Wildman–Crippen MR) is 95.8 cm³/mol. The number of aromatic nitrogens is 2. The fourth-order valence-electron chi connectivity index (χ4n) is 2.92. The molecule has 0 saturated heterocycles. The second kappa shape index (κ2) is 8.07. The zero-order valence-corrected chi connectivity index (χ0v) is 15.1. The molecule has 1 amide bonds. The van der Waals surface area contributed by atoms with Gasteiger partial charge in [0, 0.05) is 6.54 Å². The molecule has 0 radical (unpaired) electrons. The van der Waals surface area contributed by atoms with Crippen molar-refractivity contribution < 1.29 is 14.7 Å². The maximum absolute atomic E-state index is 12.6. The van der Waals surface area contributed by atoms with Crippen molar-refractivity contribution in [3.63, 3.8) is 0 Å². The van der Waals surface area contributed by atoms with Crippen molar-refractivity contribution >= 4 is 11.7 Å². The van der Waals surface area contributed by atoms with Gasteiger partial charge in [-0.2, -0.15) is 5.10 Å². The van der Waals surface area contributed by atoms with Gasteiger partial charge in [0.25, 0.3) is 11.7 Å². The number of Topliss-reactive ketones (excluding diaryl/α,β-unsaturated/α-hetero) is 1. The number of ketones is 1. The van der Waals surface area contributed by atoms with Gasteiger partial charge in [0.05, 0.1) is 28.7 Å². The molecule has 2 aromatic rings. The van der Waals surface area contributed by atoms with Crippen LogP contribution in [0.3, 0.4) is 0 Å². The fourth-order valence-corrected chi connectivity index (χ4v) is 2.92. The summed E-state index contributed by atoms with van der Waals surface area (Å²) in [5.74, 6) is -1.14. The number of carbonyl (C=O) groups is 2. The normalized spacial score (nSPS) is 13.3. The monoisotopic (exact) mass is 343 g/mol. The smallest absolute Gasteiger partial charge is 0.292 e. The average molecular weight is 343 g/mol. The number of nitrogens with one attached hydrogen (secondary N) is 1. The second-order valence-corrected chi connectivity index (χ2v) is 6.52. The first-order valence-corrected chi connectivity index (χ1v) is 8.43. The third-order valence-electron chi connectivity index (χ3n) is 4.08. The van der Waals surface area contributed by atoms with Gasteiger partial charge in [-0.05, 0) is 45.2 Å². The Kier molecular flexibility index (Phi) is 6.09. The van der Waals surface area contributed by atoms with E-state index in [4.69, 9.17) is 0 Å². The van der Waals surface area contributed by atoms with Gasteiger partial charge in [0.15, 0.2) is 0 Å². The topological polar surface area (TPSA) is 84.2 Å². The number of aliphatic hydroxyl groups excluding tert-OH is 1. The van der Waals surface area contributed by atoms with Crippen molar-refractivity contribution in [3.8, 4) is 5.69 Å². The molecule has 0 saturated carbocycles. The fraction of sp³-hybridized carbons (Fsp3) is 0.421. The van der Waals surface area contributed by atoms with Gasteiger partial charge in [-0.15, -0.1) is 0 Å². The molecule has 6 nitrogen and oxygen atoms in total. The number of carbonyl (C=O) groups excluding carboxylic acids is 2. The van der Waals surface area contributed by atoms with E-state index in [9.17, 15) is 14.7 Å². The summed E-state index contributed by atoms with van der Waals surface area (Å²) in [4.78, 5) is 24.8. The molecule has 1 aromatic carbocycles. The molecule has 2 rings (SSSR count). The lowest BCUT2D eigenvalue weighted by Crippen LogP contribution is -2.35. The molecule has 0 bridgehead atoms. The molecular weight excluding hydrogens is 318 g/mol. The summed E-state index contributed by atoms with van der Waals surface area (Å²) in [5.41, 5.74) is 2.34. The van der Waals surface area contributed by atoms with E-state index in [0.717, 1.165) is 5.69 Å². The molecule has 2 atom stereocenters. The van der Waals surface area contributed by atoms with Crippen molar-refractivity contribution in [3.05, 3.63) is 47.3 Å². The number of aryl methyl sites for hydroxylation is 1. The Hall–Kier alpha value is -2.47. The van der Waals surface area contributed by atoms with E-state index in [1.165, 1.54) is 0 Å². The molecule has 1 aromatic heterocycles. The SMILES string of the molecule is Cc1nn(-c2ccccc2)c(C)c1C(=O)C(=O)NCC(C)CC(C)O. The Balaban J connectivity index is 2.14. The number of nitrogens with zero attached hydrogens (tertiary/aromatic N) is 2. The number of aliphatic hydroxyl groups is 1. The predicted octanol–water partition coefficient (Wildman–Crippen LogP) is 2.20. The van der Waals surface area contributed by atoms with E-state index < -0.39 is 17.8 Å². The van der Waals surface area contributed by atoms with Gasteiger partial charge < -0.3 is 10.4 Å². The Labute approximate surface area is 147 Å². The van der Waals surface area contributed by atoms with E-state index in [1.54, 1.807) is 25.5 Å². The van der Waals surface area contributed by atoms with Crippen molar-refractivity contribution in [1.82, 2.24) is 15.1 Å². The zero-order valence-electron chi connectivity index (χ0n) is 15.1. The van der Waals surface area contributed by atoms with Crippen LogP contribution in [0.2, 0.25) is 0 Å². The highest BCUT2D eigenvalue weighted by Crippen LogP contribution is 2.18. The van der Waals surface area contributed by atoms with Crippen LogP contribution in [0.5, 0.6) is 0 Å². The first kappa shape index (κ1) is 18.9. The lowest BCUT2D eigenvalue weighted by molar-refractivity contribution is -0.117. The number of rotatable bonds is 7. The number of hydrogen-bond donors (Lipinski definition) is 2. The Morgan fingerprint density at radius 3 is 2.44 bits per heavy atom. The summed E-state index contributed by atoms with van der Waals surface area (Å²) >= 11 is 0. The molecule has 0 fully saturated rings. The van der Waals surface area contributed by atoms with Gasteiger partial charge in [0.1, 0.15) is 0 Å². The van der Waals surface area contributed by atoms with Crippen LogP contribution in [0.15, 0.2) is 30.3 Å². The summed E-state index contributed by atoms with van der Waals surface area (Å²) in [6.45, 7) is 7.47.